The highest BCUT2D eigenvalue weighted by Gasteiger charge is 2.39. The van der Waals surface area contributed by atoms with Crippen LogP contribution in [0.5, 0.6) is 0 Å². The molecule has 9 nitrogen and oxygen atoms in total. The summed E-state index contributed by atoms with van der Waals surface area (Å²) >= 11 is 0. The molecule has 0 aromatic carbocycles. The van der Waals surface area contributed by atoms with Gasteiger partial charge in [0.15, 0.2) is 11.6 Å². The fourth-order valence-corrected chi connectivity index (χ4v) is 3.59. The van der Waals surface area contributed by atoms with Crippen LogP contribution in [0.3, 0.4) is 0 Å². The van der Waals surface area contributed by atoms with Gasteiger partial charge in [-0.1, -0.05) is 20.8 Å². The van der Waals surface area contributed by atoms with Crippen LogP contribution in [-0.2, 0) is 16.6 Å². The molecule has 3 rings (SSSR count). The highest BCUT2D eigenvalue weighted by atomic mass is 19.1. The van der Waals surface area contributed by atoms with Gasteiger partial charge in [0, 0.05) is 31.5 Å². The minimum absolute atomic E-state index is 0.193. The first-order chi connectivity index (χ1) is 14.5. The third kappa shape index (κ3) is 4.73. The molecule has 0 bridgehead atoms. The van der Waals surface area contributed by atoms with Gasteiger partial charge in [-0.25, -0.2) is 14.4 Å². The molecule has 1 fully saturated rings. The lowest BCUT2D eigenvalue weighted by molar-refractivity contribution is -0.141. The predicted octanol–water partition coefficient (Wildman–Crippen LogP) is 1.56. The Morgan fingerprint density at radius 3 is 2.45 bits per heavy atom. The smallest absolute Gasteiger partial charge is 0.243 e. The van der Waals surface area contributed by atoms with Gasteiger partial charge >= 0.3 is 0 Å². The fraction of sp³-hybridized carbons (Fsp3) is 0.571. The van der Waals surface area contributed by atoms with Gasteiger partial charge < -0.3 is 16.0 Å². The van der Waals surface area contributed by atoms with Crippen molar-refractivity contribution in [3.8, 4) is 11.5 Å². The van der Waals surface area contributed by atoms with Crippen molar-refractivity contribution in [2.24, 2.45) is 18.2 Å². The number of rotatable bonds is 5. The number of nitrogens with one attached hydrogen (secondary N) is 1. The average molecular weight is 432 g/mol. The Kier molecular flexibility index (Phi) is 6.40. The number of hydrogen-bond donors (Lipinski definition) is 2. The predicted molar refractivity (Wildman–Crippen MR) is 113 cm³/mol. The molecule has 1 saturated heterocycles. The third-order valence-electron chi connectivity index (χ3n) is 5.67. The van der Waals surface area contributed by atoms with Crippen LogP contribution in [0.4, 0.5) is 4.39 Å². The molecule has 3 N–H and O–H groups in total. The summed E-state index contributed by atoms with van der Waals surface area (Å²) in [5.74, 6) is -0.732. The number of aryl methyl sites for hydroxylation is 1. The molecule has 31 heavy (non-hydrogen) atoms. The first-order valence-corrected chi connectivity index (χ1v) is 10.4. The number of aromatic nitrogens is 4. The summed E-state index contributed by atoms with van der Waals surface area (Å²) in [5.41, 5.74) is 6.61. The van der Waals surface area contributed by atoms with E-state index in [0.29, 0.717) is 18.5 Å². The molecule has 3 heterocycles. The number of carbonyl (C=O) groups excluding carboxylic acids is 2. The molecule has 2 aromatic rings. The molecule has 0 radical (unpaired) electrons. The number of amides is 2. The molecule has 168 valence electrons. The Bertz CT molecular complexity index is 932. The van der Waals surface area contributed by atoms with Crippen LogP contribution in [0.15, 0.2) is 18.6 Å². The normalized spacial score (nSPS) is 18.7. The summed E-state index contributed by atoms with van der Waals surface area (Å²) < 4.78 is 15.2. The van der Waals surface area contributed by atoms with Gasteiger partial charge in [-0.3, -0.25) is 14.3 Å². The van der Waals surface area contributed by atoms with E-state index < -0.39 is 17.9 Å². The van der Waals surface area contributed by atoms with Crippen molar-refractivity contribution in [1.82, 2.24) is 30.0 Å². The summed E-state index contributed by atoms with van der Waals surface area (Å²) in [7, 11) is 1.61. The van der Waals surface area contributed by atoms with Gasteiger partial charge in [0.2, 0.25) is 11.8 Å². The summed E-state index contributed by atoms with van der Waals surface area (Å²) in [6.45, 7) is 8.05. The second kappa shape index (κ2) is 8.70. The Morgan fingerprint density at radius 2 is 1.90 bits per heavy atom. The van der Waals surface area contributed by atoms with Crippen molar-refractivity contribution in [3.63, 3.8) is 0 Å². The lowest BCUT2D eigenvalue weighted by atomic mass is 9.86. The third-order valence-corrected chi connectivity index (χ3v) is 5.67. The first kappa shape index (κ1) is 22.8. The summed E-state index contributed by atoms with van der Waals surface area (Å²) in [6.07, 6.45) is 5.55. The van der Waals surface area contributed by atoms with Crippen LogP contribution >= 0.6 is 0 Å². The van der Waals surface area contributed by atoms with Crippen LogP contribution in [-0.4, -0.2) is 55.1 Å². The van der Waals surface area contributed by atoms with Gasteiger partial charge in [0.1, 0.15) is 11.7 Å². The number of likely N-dealkylation sites (tertiary alicyclic amines) is 1. The second-order valence-corrected chi connectivity index (χ2v) is 9.07. The van der Waals surface area contributed by atoms with E-state index in [2.05, 4.69) is 20.4 Å². The maximum absolute atomic E-state index is 13.9. The van der Waals surface area contributed by atoms with E-state index in [1.54, 1.807) is 24.3 Å². The van der Waals surface area contributed by atoms with E-state index in [4.69, 9.17) is 5.73 Å². The molecule has 1 aliphatic rings. The van der Waals surface area contributed by atoms with Crippen molar-refractivity contribution < 1.29 is 14.0 Å². The van der Waals surface area contributed by atoms with Gasteiger partial charge in [-0.05, 0) is 25.2 Å². The van der Waals surface area contributed by atoms with Crippen LogP contribution in [0, 0.1) is 11.2 Å². The van der Waals surface area contributed by atoms with E-state index in [1.165, 1.54) is 4.68 Å². The number of carbonyl (C=O) groups is 2. The molecule has 0 saturated carbocycles. The molecule has 3 atom stereocenters. The van der Waals surface area contributed by atoms with Gasteiger partial charge in [-0.2, -0.15) is 5.10 Å². The van der Waals surface area contributed by atoms with Crippen LogP contribution in [0.25, 0.3) is 11.5 Å². The van der Waals surface area contributed by atoms with Crippen molar-refractivity contribution in [2.45, 2.75) is 58.7 Å². The average Bonchev–Trinajstić information content (AvgIpc) is 3.33. The topological polar surface area (TPSA) is 119 Å². The number of nitrogens with zero attached hydrogens (tertiary/aromatic N) is 5. The first-order valence-electron chi connectivity index (χ1n) is 10.4. The van der Waals surface area contributed by atoms with Crippen molar-refractivity contribution in [2.75, 3.05) is 6.54 Å². The zero-order valence-electron chi connectivity index (χ0n) is 18.6. The molecule has 3 unspecified atom stereocenters. The summed E-state index contributed by atoms with van der Waals surface area (Å²) in [4.78, 5) is 35.8. The number of hydrogen-bond acceptors (Lipinski definition) is 6. The van der Waals surface area contributed by atoms with Crippen LogP contribution < -0.4 is 11.1 Å². The summed E-state index contributed by atoms with van der Waals surface area (Å²) in [5, 5.41) is 6.78. The molecule has 2 aromatic heterocycles. The lowest BCUT2D eigenvalue weighted by Crippen LogP contribution is -2.55. The fourth-order valence-electron chi connectivity index (χ4n) is 3.59. The zero-order valence-corrected chi connectivity index (χ0v) is 18.6. The SMILES string of the molecule is CC(NC(=O)C1CCCN1C(=O)C(N)C(C)(C)C)c1cnc(-c2c(F)cnn2C)nc1. The van der Waals surface area contributed by atoms with E-state index in [9.17, 15) is 14.0 Å². The zero-order chi connectivity index (χ0) is 22.9. The van der Waals surface area contributed by atoms with E-state index >= 15 is 0 Å². The van der Waals surface area contributed by atoms with Gasteiger partial charge in [0.05, 0.1) is 18.3 Å². The Morgan fingerprint density at radius 1 is 1.26 bits per heavy atom. The van der Waals surface area contributed by atoms with Crippen molar-refractivity contribution in [1.29, 1.82) is 0 Å². The Labute approximate surface area is 181 Å². The molecule has 10 heteroatoms. The summed E-state index contributed by atoms with van der Waals surface area (Å²) in [6, 6.07) is -1.61. The van der Waals surface area contributed by atoms with Crippen LogP contribution in [0.1, 0.15) is 52.1 Å². The largest absolute Gasteiger partial charge is 0.348 e. The number of nitrogens with two attached hydrogens (primary N) is 1. The van der Waals surface area contributed by atoms with Crippen molar-refractivity contribution >= 4 is 11.8 Å². The minimum Gasteiger partial charge on any atom is -0.348 e. The maximum Gasteiger partial charge on any atom is 0.243 e. The maximum atomic E-state index is 13.9. The van der Waals surface area contributed by atoms with Crippen molar-refractivity contribution in [3.05, 3.63) is 30.0 Å². The number of halogens is 1. The molecule has 1 aliphatic heterocycles. The molecule has 2 amide bonds. The van der Waals surface area contributed by atoms with Gasteiger partial charge in [-0.15, -0.1) is 0 Å². The lowest BCUT2D eigenvalue weighted by Gasteiger charge is -2.33. The Balaban J connectivity index is 1.68. The molecular weight excluding hydrogens is 401 g/mol. The highest BCUT2D eigenvalue weighted by Crippen LogP contribution is 2.25. The Hall–Kier alpha value is -2.88. The monoisotopic (exact) mass is 431 g/mol. The van der Waals surface area contributed by atoms with Gasteiger partial charge in [0.25, 0.3) is 0 Å². The van der Waals surface area contributed by atoms with E-state index in [1.807, 2.05) is 27.7 Å². The second-order valence-electron chi connectivity index (χ2n) is 9.07. The standard InChI is InChI=1S/C21H30FN7O2/c1-12(13-9-24-18(25-10-13)16-14(22)11-26-28(16)5)27-19(30)15-7-6-8-29(15)20(31)17(23)21(2,3)4/h9-12,15,17H,6-8,23H2,1-5H3,(H,27,30). The molecule has 0 spiro atoms. The van der Waals surface area contributed by atoms with E-state index in [-0.39, 0.29) is 34.8 Å². The van der Waals surface area contributed by atoms with Crippen LogP contribution in [0.2, 0.25) is 0 Å². The highest BCUT2D eigenvalue weighted by molar-refractivity contribution is 5.90. The van der Waals surface area contributed by atoms with E-state index in [0.717, 1.165) is 12.6 Å². The minimum atomic E-state index is -0.674. The molecule has 0 aliphatic carbocycles. The molecular formula is C21H30FN7O2. The quantitative estimate of drug-likeness (QED) is 0.742.